The van der Waals surface area contributed by atoms with E-state index in [1.165, 1.54) is 6.07 Å². The Hall–Kier alpha value is -2.08. The summed E-state index contributed by atoms with van der Waals surface area (Å²) in [4.78, 5) is 15.1. The van der Waals surface area contributed by atoms with Crippen LogP contribution in [-0.2, 0) is 0 Å². The first-order valence-electron chi connectivity index (χ1n) is 5.16. The predicted octanol–water partition coefficient (Wildman–Crippen LogP) is 1.02. The summed E-state index contributed by atoms with van der Waals surface area (Å²) in [5.74, 6) is -0.693. The first kappa shape index (κ1) is 11.4. The van der Waals surface area contributed by atoms with Crippen LogP contribution in [0.1, 0.15) is 29.3 Å². The SMILES string of the molecule is CNC(C)c1nc(C(=O)O)c2c(O)cccn12. The fraction of sp³-hybridized carbons (Fsp3) is 0.273. The molecule has 0 aliphatic carbocycles. The topological polar surface area (TPSA) is 86.9 Å². The molecule has 0 spiro atoms. The molecule has 1 unspecified atom stereocenters. The molecule has 6 heteroatoms. The highest BCUT2D eigenvalue weighted by Crippen LogP contribution is 2.25. The Balaban J connectivity index is 2.80. The number of imidazole rings is 1. The second kappa shape index (κ2) is 4.06. The lowest BCUT2D eigenvalue weighted by Gasteiger charge is -2.08. The van der Waals surface area contributed by atoms with E-state index in [1.807, 2.05) is 6.92 Å². The fourth-order valence-electron chi connectivity index (χ4n) is 1.73. The standard InChI is InChI=1S/C11H13N3O3/c1-6(12-2)10-13-8(11(16)17)9-7(15)4-3-5-14(9)10/h3-6,12,15H,1-2H3,(H,16,17). The number of carbonyl (C=O) groups is 1. The maximum Gasteiger partial charge on any atom is 0.356 e. The van der Waals surface area contributed by atoms with Crippen molar-refractivity contribution in [3.05, 3.63) is 29.8 Å². The minimum absolute atomic E-state index is 0.0908. The molecule has 2 rings (SSSR count). The van der Waals surface area contributed by atoms with Crippen LogP contribution in [0.25, 0.3) is 5.52 Å². The van der Waals surface area contributed by atoms with Gasteiger partial charge < -0.3 is 15.5 Å². The highest BCUT2D eigenvalue weighted by molar-refractivity contribution is 5.95. The zero-order valence-electron chi connectivity index (χ0n) is 9.51. The van der Waals surface area contributed by atoms with Crippen LogP contribution in [0.2, 0.25) is 0 Å². The van der Waals surface area contributed by atoms with Crippen molar-refractivity contribution in [1.29, 1.82) is 0 Å². The van der Waals surface area contributed by atoms with Gasteiger partial charge in [0.1, 0.15) is 17.1 Å². The summed E-state index contributed by atoms with van der Waals surface area (Å²) in [6.45, 7) is 1.87. The van der Waals surface area contributed by atoms with Gasteiger partial charge in [-0.1, -0.05) is 0 Å². The number of hydrogen-bond donors (Lipinski definition) is 3. The number of aromatic carboxylic acids is 1. The average Bonchev–Trinajstić information content (AvgIpc) is 2.69. The van der Waals surface area contributed by atoms with Gasteiger partial charge in [0.05, 0.1) is 6.04 Å². The van der Waals surface area contributed by atoms with Crippen LogP contribution in [0.15, 0.2) is 18.3 Å². The summed E-state index contributed by atoms with van der Waals surface area (Å²) in [5, 5.41) is 21.8. The van der Waals surface area contributed by atoms with Gasteiger partial charge in [-0.3, -0.25) is 4.40 Å². The van der Waals surface area contributed by atoms with E-state index < -0.39 is 5.97 Å². The smallest absolute Gasteiger partial charge is 0.356 e. The molecule has 0 saturated heterocycles. The zero-order valence-corrected chi connectivity index (χ0v) is 9.51. The fourth-order valence-corrected chi connectivity index (χ4v) is 1.73. The number of aromatic hydroxyl groups is 1. The second-order valence-electron chi connectivity index (χ2n) is 3.75. The Morgan fingerprint density at radius 1 is 1.59 bits per heavy atom. The monoisotopic (exact) mass is 235 g/mol. The molecule has 90 valence electrons. The molecule has 17 heavy (non-hydrogen) atoms. The maximum atomic E-state index is 11.1. The summed E-state index contributed by atoms with van der Waals surface area (Å²) in [5.41, 5.74) is 0.0808. The van der Waals surface area contributed by atoms with Crippen LogP contribution >= 0.6 is 0 Å². The zero-order chi connectivity index (χ0) is 12.6. The molecule has 2 heterocycles. The van der Waals surface area contributed by atoms with Crippen LogP contribution in [0.4, 0.5) is 0 Å². The van der Waals surface area contributed by atoms with Crippen LogP contribution in [-0.4, -0.2) is 32.6 Å². The molecule has 2 aromatic heterocycles. The van der Waals surface area contributed by atoms with Gasteiger partial charge in [-0.05, 0) is 26.1 Å². The number of nitrogens with zero attached hydrogens (tertiary/aromatic N) is 2. The van der Waals surface area contributed by atoms with Crippen LogP contribution in [0, 0.1) is 0 Å². The van der Waals surface area contributed by atoms with Crippen molar-refractivity contribution >= 4 is 11.5 Å². The molecule has 0 aliphatic rings. The highest BCUT2D eigenvalue weighted by atomic mass is 16.4. The third-order valence-electron chi connectivity index (χ3n) is 2.69. The van der Waals surface area contributed by atoms with Crippen molar-refractivity contribution in [3.8, 4) is 5.75 Å². The van der Waals surface area contributed by atoms with Crippen molar-refractivity contribution in [2.45, 2.75) is 13.0 Å². The summed E-state index contributed by atoms with van der Waals surface area (Å²) in [7, 11) is 1.76. The van der Waals surface area contributed by atoms with E-state index in [-0.39, 0.29) is 23.0 Å². The summed E-state index contributed by atoms with van der Waals surface area (Å²) in [6.07, 6.45) is 1.68. The molecule has 6 nitrogen and oxygen atoms in total. The van der Waals surface area contributed by atoms with Crippen molar-refractivity contribution in [2.75, 3.05) is 7.05 Å². The van der Waals surface area contributed by atoms with E-state index >= 15 is 0 Å². The molecular weight excluding hydrogens is 222 g/mol. The van der Waals surface area contributed by atoms with Crippen LogP contribution < -0.4 is 5.32 Å². The molecule has 3 N–H and O–H groups in total. The molecule has 0 saturated carbocycles. The number of hydrogen-bond acceptors (Lipinski definition) is 4. The number of carboxylic acid groups (broad SMARTS) is 1. The lowest BCUT2D eigenvalue weighted by molar-refractivity contribution is 0.0693. The molecule has 2 aromatic rings. The van der Waals surface area contributed by atoms with Gasteiger partial charge in [0, 0.05) is 6.20 Å². The van der Waals surface area contributed by atoms with E-state index in [1.54, 1.807) is 23.7 Å². The number of aromatic nitrogens is 2. The Morgan fingerprint density at radius 2 is 2.29 bits per heavy atom. The van der Waals surface area contributed by atoms with Gasteiger partial charge in [-0.25, -0.2) is 9.78 Å². The van der Waals surface area contributed by atoms with Gasteiger partial charge in [0.25, 0.3) is 0 Å². The lowest BCUT2D eigenvalue weighted by Crippen LogP contribution is -2.15. The Morgan fingerprint density at radius 3 is 2.88 bits per heavy atom. The van der Waals surface area contributed by atoms with Crippen molar-refractivity contribution in [3.63, 3.8) is 0 Å². The molecule has 0 fully saturated rings. The second-order valence-corrected chi connectivity index (χ2v) is 3.75. The molecule has 0 aliphatic heterocycles. The predicted molar refractivity (Wildman–Crippen MR) is 61.3 cm³/mol. The third-order valence-corrected chi connectivity index (χ3v) is 2.69. The number of pyridine rings is 1. The van der Waals surface area contributed by atoms with Gasteiger partial charge in [-0.15, -0.1) is 0 Å². The number of nitrogens with one attached hydrogen (secondary N) is 1. The quantitative estimate of drug-likeness (QED) is 0.739. The van der Waals surface area contributed by atoms with E-state index in [2.05, 4.69) is 10.3 Å². The van der Waals surface area contributed by atoms with E-state index in [4.69, 9.17) is 5.11 Å². The van der Waals surface area contributed by atoms with Crippen molar-refractivity contribution < 1.29 is 15.0 Å². The normalized spacial score (nSPS) is 12.8. The summed E-state index contributed by atoms with van der Waals surface area (Å²) < 4.78 is 1.58. The lowest BCUT2D eigenvalue weighted by atomic mass is 10.3. The minimum atomic E-state index is -1.15. The van der Waals surface area contributed by atoms with Crippen LogP contribution in [0.3, 0.4) is 0 Å². The first-order valence-corrected chi connectivity index (χ1v) is 5.16. The third kappa shape index (κ3) is 1.72. The van der Waals surface area contributed by atoms with Gasteiger partial charge in [0.2, 0.25) is 0 Å². The number of carboxylic acids is 1. The van der Waals surface area contributed by atoms with Gasteiger partial charge >= 0.3 is 5.97 Å². The molecule has 1 atom stereocenters. The first-order chi connectivity index (χ1) is 8.06. The maximum absolute atomic E-state index is 11.1. The van der Waals surface area contributed by atoms with Crippen LogP contribution in [0.5, 0.6) is 5.75 Å². The largest absolute Gasteiger partial charge is 0.506 e. The molecule has 0 amide bonds. The number of rotatable bonds is 3. The average molecular weight is 235 g/mol. The van der Waals surface area contributed by atoms with E-state index in [9.17, 15) is 9.90 Å². The molecule has 0 radical (unpaired) electrons. The van der Waals surface area contributed by atoms with Crippen molar-refractivity contribution in [1.82, 2.24) is 14.7 Å². The Kier molecular flexibility index (Phi) is 2.72. The number of fused-ring (bicyclic) bond motifs is 1. The van der Waals surface area contributed by atoms with E-state index in [0.29, 0.717) is 5.82 Å². The minimum Gasteiger partial charge on any atom is -0.506 e. The Labute approximate surface area is 97.5 Å². The van der Waals surface area contributed by atoms with Gasteiger partial charge in [-0.2, -0.15) is 0 Å². The van der Waals surface area contributed by atoms with Gasteiger partial charge in [0.15, 0.2) is 5.69 Å². The Bertz CT molecular complexity index is 577. The van der Waals surface area contributed by atoms with Crippen molar-refractivity contribution in [2.24, 2.45) is 0 Å². The highest BCUT2D eigenvalue weighted by Gasteiger charge is 2.21. The molecule has 0 aromatic carbocycles. The van der Waals surface area contributed by atoms with E-state index in [0.717, 1.165) is 0 Å². The molecule has 0 bridgehead atoms. The molecular formula is C11H13N3O3. The summed E-state index contributed by atoms with van der Waals surface area (Å²) in [6, 6.07) is 2.97. The summed E-state index contributed by atoms with van der Waals surface area (Å²) >= 11 is 0.